The van der Waals surface area contributed by atoms with Crippen LogP contribution in [0.3, 0.4) is 0 Å². The lowest BCUT2D eigenvalue weighted by Gasteiger charge is -2.10. The first-order valence-corrected chi connectivity index (χ1v) is 7.18. The largest absolute Gasteiger partial charge is 0.324 e. The molecule has 6 heteroatoms. The molecule has 0 saturated heterocycles. The van der Waals surface area contributed by atoms with Gasteiger partial charge in [-0.15, -0.1) is 0 Å². The van der Waals surface area contributed by atoms with Crippen molar-refractivity contribution in [1.82, 2.24) is 9.78 Å². The summed E-state index contributed by atoms with van der Waals surface area (Å²) in [5, 5.41) is 11.8. The molecular weight excluding hydrogens is 332 g/mol. The molecule has 106 valence electrons. The van der Waals surface area contributed by atoms with Crippen LogP contribution in [0, 0.1) is 0 Å². The molecule has 0 saturated carbocycles. The Hall–Kier alpha value is -2.34. The summed E-state index contributed by atoms with van der Waals surface area (Å²) in [5.74, 6) is 0.604. The molecule has 3 aromatic rings. The Morgan fingerprint density at radius 2 is 1.90 bits per heavy atom. The van der Waals surface area contributed by atoms with Crippen molar-refractivity contribution in [2.75, 3.05) is 10.6 Å². The van der Waals surface area contributed by atoms with Crippen molar-refractivity contribution in [3.8, 4) is 0 Å². The number of anilines is 2. The predicted octanol–water partition coefficient (Wildman–Crippen LogP) is 3.98. The highest BCUT2D eigenvalue weighted by molar-refractivity contribution is 9.10. The minimum atomic E-state index is -0.310. The van der Waals surface area contributed by atoms with E-state index in [9.17, 15) is 4.79 Å². The second kappa shape index (κ2) is 5.57. The molecule has 2 aromatic carbocycles. The molecule has 5 nitrogen and oxygen atoms in total. The van der Waals surface area contributed by atoms with Crippen molar-refractivity contribution < 1.29 is 4.79 Å². The summed E-state index contributed by atoms with van der Waals surface area (Å²) in [4.78, 5) is 12.1. The molecule has 0 radical (unpaired) electrons. The Morgan fingerprint density at radius 3 is 2.67 bits per heavy atom. The van der Waals surface area contributed by atoms with Gasteiger partial charge in [0.15, 0.2) is 0 Å². The lowest BCUT2D eigenvalue weighted by molar-refractivity contribution is 0.262. The van der Waals surface area contributed by atoms with Gasteiger partial charge in [-0.1, -0.05) is 36.4 Å². The fourth-order valence-electron chi connectivity index (χ4n) is 2.15. The van der Waals surface area contributed by atoms with Crippen molar-refractivity contribution in [2.24, 2.45) is 7.05 Å². The third kappa shape index (κ3) is 2.75. The Balaban J connectivity index is 1.84. The fraction of sp³-hybridized carbons (Fsp3) is 0.0667. The van der Waals surface area contributed by atoms with Crippen molar-refractivity contribution in [1.29, 1.82) is 0 Å². The smallest absolute Gasteiger partial charge is 0.307 e. The van der Waals surface area contributed by atoms with Gasteiger partial charge in [0.05, 0.1) is 16.4 Å². The number of carbonyl (C=O) groups is 1. The zero-order valence-corrected chi connectivity index (χ0v) is 12.9. The van der Waals surface area contributed by atoms with Gasteiger partial charge in [0.2, 0.25) is 0 Å². The van der Waals surface area contributed by atoms with Gasteiger partial charge in [-0.3, -0.25) is 10.00 Å². The summed E-state index contributed by atoms with van der Waals surface area (Å²) >= 11 is 3.34. The van der Waals surface area contributed by atoms with E-state index >= 15 is 0 Å². The summed E-state index contributed by atoms with van der Waals surface area (Å²) in [6.45, 7) is 0. The number of hydrogen-bond donors (Lipinski definition) is 2. The Morgan fingerprint density at radius 1 is 1.14 bits per heavy atom. The van der Waals surface area contributed by atoms with Crippen LogP contribution < -0.4 is 10.6 Å². The second-order valence-corrected chi connectivity index (χ2v) is 5.42. The van der Waals surface area contributed by atoms with E-state index in [4.69, 9.17) is 0 Å². The van der Waals surface area contributed by atoms with E-state index in [1.807, 2.05) is 42.5 Å². The van der Waals surface area contributed by atoms with E-state index in [1.54, 1.807) is 17.9 Å². The quantitative estimate of drug-likeness (QED) is 0.738. The van der Waals surface area contributed by atoms with Gasteiger partial charge in [0.25, 0.3) is 0 Å². The Labute approximate surface area is 130 Å². The molecule has 0 bridgehead atoms. The Bertz CT molecular complexity index is 788. The molecule has 0 fully saturated rings. The number of aromatic nitrogens is 2. The maximum absolute atomic E-state index is 12.1. The zero-order valence-electron chi connectivity index (χ0n) is 11.3. The van der Waals surface area contributed by atoms with Crippen molar-refractivity contribution in [3.63, 3.8) is 0 Å². The molecule has 0 aliphatic carbocycles. The van der Waals surface area contributed by atoms with Crippen LogP contribution >= 0.6 is 15.9 Å². The highest BCUT2D eigenvalue weighted by Gasteiger charge is 2.11. The number of carbonyl (C=O) groups excluding carboxylic acids is 1. The van der Waals surface area contributed by atoms with Gasteiger partial charge >= 0.3 is 6.03 Å². The van der Waals surface area contributed by atoms with Crippen molar-refractivity contribution in [3.05, 3.63) is 53.1 Å². The second-order valence-electron chi connectivity index (χ2n) is 4.57. The van der Waals surface area contributed by atoms with Gasteiger partial charge in [0.1, 0.15) is 5.82 Å². The topological polar surface area (TPSA) is 59.0 Å². The maximum atomic E-state index is 12.1. The molecule has 0 aliphatic rings. The van der Waals surface area contributed by atoms with Gasteiger partial charge in [-0.2, -0.15) is 5.10 Å². The first-order chi connectivity index (χ1) is 10.1. The van der Waals surface area contributed by atoms with E-state index in [0.717, 1.165) is 20.9 Å². The molecule has 2 amide bonds. The molecular formula is C15H13BrN4O. The van der Waals surface area contributed by atoms with Gasteiger partial charge in [0, 0.05) is 12.4 Å². The van der Waals surface area contributed by atoms with Crippen LogP contribution in [0.5, 0.6) is 0 Å². The summed E-state index contributed by atoms with van der Waals surface area (Å²) in [6, 6.07) is 13.4. The van der Waals surface area contributed by atoms with Gasteiger partial charge < -0.3 is 5.32 Å². The maximum Gasteiger partial charge on any atom is 0.324 e. The molecule has 3 rings (SSSR count). The lowest BCUT2D eigenvalue weighted by atomic mass is 10.1. The summed E-state index contributed by atoms with van der Waals surface area (Å²) < 4.78 is 2.32. The average Bonchev–Trinajstić information content (AvgIpc) is 2.79. The Kier molecular flexibility index (Phi) is 3.62. The van der Waals surface area contributed by atoms with E-state index < -0.39 is 0 Å². The van der Waals surface area contributed by atoms with E-state index in [0.29, 0.717) is 5.82 Å². The fourth-order valence-corrected chi connectivity index (χ4v) is 2.59. The number of hydrogen-bond acceptors (Lipinski definition) is 2. The summed E-state index contributed by atoms with van der Waals surface area (Å²) in [7, 11) is 1.76. The molecule has 21 heavy (non-hydrogen) atoms. The summed E-state index contributed by atoms with van der Waals surface area (Å²) in [6.07, 6.45) is 1.63. The molecule has 1 heterocycles. The monoisotopic (exact) mass is 344 g/mol. The SMILES string of the molecule is Cn1ncc(Br)c1NC(=O)Nc1cccc2ccccc12. The minimum Gasteiger partial charge on any atom is -0.307 e. The lowest BCUT2D eigenvalue weighted by Crippen LogP contribution is -2.21. The molecule has 2 N–H and O–H groups in total. The zero-order chi connectivity index (χ0) is 14.8. The molecule has 0 unspecified atom stereocenters. The number of nitrogens with one attached hydrogen (secondary N) is 2. The van der Waals surface area contributed by atoms with Crippen LogP contribution in [-0.2, 0) is 7.05 Å². The molecule has 1 aromatic heterocycles. The van der Waals surface area contributed by atoms with E-state index in [2.05, 4.69) is 31.7 Å². The van der Waals surface area contributed by atoms with Crippen LogP contribution in [0.2, 0.25) is 0 Å². The van der Waals surface area contributed by atoms with Crippen LogP contribution in [0.4, 0.5) is 16.3 Å². The number of urea groups is 1. The first-order valence-electron chi connectivity index (χ1n) is 6.38. The third-order valence-corrected chi connectivity index (χ3v) is 3.74. The number of benzene rings is 2. The van der Waals surface area contributed by atoms with Crippen molar-refractivity contribution in [2.45, 2.75) is 0 Å². The number of nitrogens with zero attached hydrogens (tertiary/aromatic N) is 2. The molecule has 0 spiro atoms. The van der Waals surface area contributed by atoms with Crippen LogP contribution in [0.25, 0.3) is 10.8 Å². The highest BCUT2D eigenvalue weighted by atomic mass is 79.9. The number of rotatable bonds is 2. The summed E-state index contributed by atoms with van der Waals surface area (Å²) in [5.41, 5.74) is 0.767. The average molecular weight is 345 g/mol. The van der Waals surface area contributed by atoms with Crippen LogP contribution in [-0.4, -0.2) is 15.8 Å². The van der Waals surface area contributed by atoms with E-state index in [1.165, 1.54) is 0 Å². The molecule has 0 atom stereocenters. The highest BCUT2D eigenvalue weighted by Crippen LogP contribution is 2.24. The standard InChI is InChI=1S/C15H13BrN4O/c1-20-14(12(16)9-17-20)19-15(21)18-13-8-4-6-10-5-2-3-7-11(10)13/h2-9H,1H3,(H2,18,19,21). The third-order valence-electron chi connectivity index (χ3n) is 3.16. The number of fused-ring (bicyclic) bond motifs is 1. The number of halogens is 1. The first kappa shape index (κ1) is 13.6. The van der Waals surface area contributed by atoms with E-state index in [-0.39, 0.29) is 6.03 Å². The van der Waals surface area contributed by atoms with Crippen LogP contribution in [0.15, 0.2) is 53.1 Å². The van der Waals surface area contributed by atoms with Crippen molar-refractivity contribution >= 4 is 44.2 Å². The normalized spacial score (nSPS) is 10.6. The number of amides is 2. The van der Waals surface area contributed by atoms with Gasteiger partial charge in [-0.25, -0.2) is 4.79 Å². The predicted molar refractivity (Wildman–Crippen MR) is 87.5 cm³/mol. The van der Waals surface area contributed by atoms with Gasteiger partial charge in [-0.05, 0) is 27.4 Å². The van der Waals surface area contributed by atoms with Crippen LogP contribution in [0.1, 0.15) is 0 Å². The molecule has 0 aliphatic heterocycles. The minimum absolute atomic E-state index is 0.310. The number of aryl methyl sites for hydroxylation is 1.